The van der Waals surface area contributed by atoms with Gasteiger partial charge in [0.05, 0.1) is 11.8 Å². The monoisotopic (exact) mass is 238 g/mol. The number of hydrogen-bond acceptors (Lipinski definition) is 3. The van der Waals surface area contributed by atoms with Crippen LogP contribution in [0, 0.1) is 0 Å². The molecular formula is C12H18N2O3. The van der Waals surface area contributed by atoms with Crippen LogP contribution in [0.5, 0.6) is 0 Å². The van der Waals surface area contributed by atoms with Gasteiger partial charge >= 0.3 is 5.97 Å². The zero-order valence-electron chi connectivity index (χ0n) is 10.4. The summed E-state index contributed by atoms with van der Waals surface area (Å²) >= 11 is 0. The number of imidazole rings is 1. The van der Waals surface area contributed by atoms with Gasteiger partial charge in [-0.05, 0) is 12.8 Å². The molecule has 0 aromatic carbocycles. The van der Waals surface area contributed by atoms with E-state index in [-0.39, 0.29) is 11.1 Å². The summed E-state index contributed by atoms with van der Waals surface area (Å²) in [6.07, 6.45) is 0.751. The van der Waals surface area contributed by atoms with E-state index >= 15 is 0 Å². The molecule has 1 aliphatic heterocycles. The minimum atomic E-state index is -1.06. The van der Waals surface area contributed by atoms with Gasteiger partial charge in [0, 0.05) is 12.0 Å². The highest BCUT2D eigenvalue weighted by Crippen LogP contribution is 2.33. The molecule has 5 heteroatoms. The average molecular weight is 238 g/mol. The van der Waals surface area contributed by atoms with Crippen molar-refractivity contribution >= 4 is 5.97 Å². The van der Waals surface area contributed by atoms with Gasteiger partial charge in [-0.1, -0.05) is 20.8 Å². The molecule has 0 fully saturated rings. The molecule has 94 valence electrons. The molecule has 2 heterocycles. The molecule has 0 spiro atoms. The summed E-state index contributed by atoms with van der Waals surface area (Å²) in [4.78, 5) is 15.4. The van der Waals surface area contributed by atoms with Crippen LogP contribution in [0.1, 0.15) is 61.7 Å². The third-order valence-corrected chi connectivity index (χ3v) is 3.06. The summed E-state index contributed by atoms with van der Waals surface area (Å²) in [6.45, 7) is 6.72. The third kappa shape index (κ3) is 1.95. The van der Waals surface area contributed by atoms with Crippen LogP contribution < -0.4 is 0 Å². The van der Waals surface area contributed by atoms with Crippen molar-refractivity contribution in [3.8, 4) is 0 Å². The van der Waals surface area contributed by atoms with Crippen molar-refractivity contribution in [2.45, 2.75) is 51.7 Å². The molecule has 0 amide bonds. The number of carboxylic acids is 1. The quantitative estimate of drug-likeness (QED) is 0.781. The SMILES string of the molecule is CC(C)(C)c1nc(C(=O)O)c2n1CCCC2O. The minimum absolute atomic E-state index is 0.00197. The lowest BCUT2D eigenvalue weighted by molar-refractivity contribution is 0.0677. The van der Waals surface area contributed by atoms with Crippen LogP contribution in [-0.4, -0.2) is 25.7 Å². The molecule has 1 aliphatic rings. The summed E-state index contributed by atoms with van der Waals surface area (Å²) in [6, 6.07) is 0. The summed E-state index contributed by atoms with van der Waals surface area (Å²) in [5, 5.41) is 19.1. The second-order valence-corrected chi connectivity index (χ2v) is 5.53. The predicted octanol–water partition coefficient (Wildman–Crippen LogP) is 1.71. The van der Waals surface area contributed by atoms with E-state index in [1.54, 1.807) is 0 Å². The number of carbonyl (C=O) groups is 1. The van der Waals surface area contributed by atoms with Crippen molar-refractivity contribution < 1.29 is 15.0 Å². The van der Waals surface area contributed by atoms with Crippen LogP contribution in [0.15, 0.2) is 0 Å². The zero-order valence-corrected chi connectivity index (χ0v) is 10.4. The molecule has 1 unspecified atom stereocenters. The highest BCUT2D eigenvalue weighted by molar-refractivity contribution is 5.87. The topological polar surface area (TPSA) is 75.3 Å². The molecule has 2 rings (SSSR count). The molecular weight excluding hydrogens is 220 g/mol. The molecule has 0 saturated carbocycles. The van der Waals surface area contributed by atoms with Gasteiger partial charge in [0.1, 0.15) is 5.82 Å². The summed E-state index contributed by atoms with van der Waals surface area (Å²) in [7, 11) is 0. The van der Waals surface area contributed by atoms with E-state index in [1.165, 1.54) is 0 Å². The number of carboxylic acid groups (broad SMARTS) is 1. The molecule has 0 saturated heterocycles. The lowest BCUT2D eigenvalue weighted by atomic mass is 9.95. The molecule has 1 atom stereocenters. The highest BCUT2D eigenvalue weighted by atomic mass is 16.4. The first-order valence-corrected chi connectivity index (χ1v) is 5.84. The van der Waals surface area contributed by atoms with Crippen molar-refractivity contribution in [3.05, 3.63) is 17.2 Å². The Morgan fingerprint density at radius 1 is 1.47 bits per heavy atom. The molecule has 5 nitrogen and oxygen atoms in total. The van der Waals surface area contributed by atoms with Crippen LogP contribution in [0.3, 0.4) is 0 Å². The Labute approximate surface area is 100 Å². The number of rotatable bonds is 1. The maximum atomic E-state index is 11.2. The highest BCUT2D eigenvalue weighted by Gasteiger charge is 2.33. The molecule has 1 aromatic heterocycles. The second-order valence-electron chi connectivity index (χ2n) is 5.53. The van der Waals surface area contributed by atoms with E-state index in [0.717, 1.165) is 18.8 Å². The predicted molar refractivity (Wildman–Crippen MR) is 62.1 cm³/mol. The van der Waals surface area contributed by atoms with Crippen LogP contribution in [0.25, 0.3) is 0 Å². The lowest BCUT2D eigenvalue weighted by Crippen LogP contribution is -2.24. The molecule has 0 bridgehead atoms. The van der Waals surface area contributed by atoms with E-state index in [4.69, 9.17) is 5.11 Å². The Kier molecular flexibility index (Phi) is 2.73. The van der Waals surface area contributed by atoms with Crippen LogP contribution in [0.4, 0.5) is 0 Å². The molecule has 17 heavy (non-hydrogen) atoms. The van der Waals surface area contributed by atoms with Crippen LogP contribution >= 0.6 is 0 Å². The Morgan fingerprint density at radius 3 is 2.65 bits per heavy atom. The zero-order chi connectivity index (χ0) is 12.8. The van der Waals surface area contributed by atoms with E-state index in [9.17, 15) is 9.90 Å². The van der Waals surface area contributed by atoms with Crippen molar-refractivity contribution in [2.75, 3.05) is 0 Å². The van der Waals surface area contributed by atoms with Crippen molar-refractivity contribution in [2.24, 2.45) is 0 Å². The first kappa shape index (κ1) is 12.1. The largest absolute Gasteiger partial charge is 0.476 e. The molecule has 0 aliphatic carbocycles. The average Bonchev–Trinajstić information content (AvgIpc) is 2.57. The Bertz CT molecular complexity index is 457. The number of aliphatic hydroxyl groups excluding tert-OH is 1. The molecule has 0 radical (unpaired) electrons. The summed E-state index contributed by atoms with van der Waals surface area (Å²) < 4.78 is 1.87. The summed E-state index contributed by atoms with van der Waals surface area (Å²) in [5.41, 5.74) is 0.246. The molecule has 1 aromatic rings. The molecule has 2 N–H and O–H groups in total. The smallest absolute Gasteiger partial charge is 0.356 e. The number of nitrogens with zero attached hydrogens (tertiary/aromatic N) is 2. The Balaban J connectivity index is 2.65. The Hall–Kier alpha value is -1.36. The lowest BCUT2D eigenvalue weighted by Gasteiger charge is -2.25. The normalized spacial score (nSPS) is 20.1. The van der Waals surface area contributed by atoms with Gasteiger partial charge in [-0.15, -0.1) is 0 Å². The first-order valence-electron chi connectivity index (χ1n) is 5.84. The fraction of sp³-hybridized carbons (Fsp3) is 0.667. The third-order valence-electron chi connectivity index (χ3n) is 3.06. The second kappa shape index (κ2) is 3.84. The maximum Gasteiger partial charge on any atom is 0.356 e. The fourth-order valence-electron chi connectivity index (χ4n) is 2.34. The number of aliphatic hydroxyl groups is 1. The minimum Gasteiger partial charge on any atom is -0.476 e. The van der Waals surface area contributed by atoms with Gasteiger partial charge in [0.2, 0.25) is 0 Å². The van der Waals surface area contributed by atoms with E-state index in [0.29, 0.717) is 12.1 Å². The number of aromatic nitrogens is 2. The maximum absolute atomic E-state index is 11.2. The van der Waals surface area contributed by atoms with Gasteiger partial charge in [0.25, 0.3) is 0 Å². The Morgan fingerprint density at radius 2 is 2.12 bits per heavy atom. The van der Waals surface area contributed by atoms with Gasteiger partial charge in [-0.3, -0.25) is 0 Å². The summed E-state index contributed by atoms with van der Waals surface area (Å²) in [5.74, 6) is -0.325. The number of fused-ring (bicyclic) bond motifs is 1. The van der Waals surface area contributed by atoms with Gasteiger partial charge in [0.15, 0.2) is 5.69 Å². The van der Waals surface area contributed by atoms with Crippen LogP contribution in [-0.2, 0) is 12.0 Å². The van der Waals surface area contributed by atoms with E-state index < -0.39 is 12.1 Å². The van der Waals surface area contributed by atoms with Gasteiger partial charge in [-0.25, -0.2) is 9.78 Å². The number of hydrogen-bond donors (Lipinski definition) is 2. The van der Waals surface area contributed by atoms with Crippen molar-refractivity contribution in [1.29, 1.82) is 0 Å². The first-order chi connectivity index (χ1) is 7.82. The van der Waals surface area contributed by atoms with E-state index in [1.807, 2.05) is 25.3 Å². The number of aromatic carboxylic acids is 1. The van der Waals surface area contributed by atoms with E-state index in [2.05, 4.69) is 4.98 Å². The standard InChI is InChI=1S/C12H18N2O3/c1-12(2,3)11-13-8(10(16)17)9-7(15)5-4-6-14(9)11/h7,15H,4-6H2,1-3H3,(H,16,17). The van der Waals surface area contributed by atoms with Crippen molar-refractivity contribution in [1.82, 2.24) is 9.55 Å². The van der Waals surface area contributed by atoms with Crippen molar-refractivity contribution in [3.63, 3.8) is 0 Å². The van der Waals surface area contributed by atoms with Gasteiger partial charge < -0.3 is 14.8 Å². The van der Waals surface area contributed by atoms with Crippen LogP contribution in [0.2, 0.25) is 0 Å². The fourth-order valence-corrected chi connectivity index (χ4v) is 2.34. The van der Waals surface area contributed by atoms with Gasteiger partial charge in [-0.2, -0.15) is 0 Å².